The summed E-state index contributed by atoms with van der Waals surface area (Å²) in [5, 5.41) is 0. The molecule has 0 unspecified atom stereocenters. The monoisotopic (exact) mass is 152 g/mol. The van der Waals surface area contributed by atoms with Gasteiger partial charge in [-0.05, 0) is 6.07 Å². The maximum Gasteiger partial charge on any atom is 0.335 e. The Kier molecular flexibility index (Phi) is 2.21. The van der Waals surface area contributed by atoms with Gasteiger partial charge < -0.3 is 4.42 Å². The molecule has 0 aliphatic carbocycles. The molecule has 3 nitrogen and oxygen atoms in total. The second-order valence-corrected chi connectivity index (χ2v) is 2.12. The van der Waals surface area contributed by atoms with E-state index in [-0.39, 0.29) is 5.78 Å². The quantitative estimate of drug-likeness (QED) is 0.599. The molecular formula is C8H8O3. The summed E-state index contributed by atoms with van der Waals surface area (Å²) < 4.78 is 4.50. The number of hydrogen-bond donors (Lipinski definition) is 0. The zero-order valence-electron chi connectivity index (χ0n) is 6.16. The first-order chi connectivity index (χ1) is 5.24. The third kappa shape index (κ3) is 1.77. The van der Waals surface area contributed by atoms with Crippen molar-refractivity contribution in [3.8, 4) is 0 Å². The van der Waals surface area contributed by atoms with Crippen molar-refractivity contribution >= 4 is 5.78 Å². The SMILES string of the molecule is CCC(=O)c1ccc(=O)oc1. The average Bonchev–Trinajstić information content (AvgIpc) is 2.05. The van der Waals surface area contributed by atoms with Crippen LogP contribution in [0.2, 0.25) is 0 Å². The molecule has 0 N–H and O–H groups in total. The van der Waals surface area contributed by atoms with Crippen molar-refractivity contribution in [3.05, 3.63) is 34.4 Å². The highest BCUT2D eigenvalue weighted by molar-refractivity contribution is 5.95. The molecule has 0 atom stereocenters. The normalized spacial score (nSPS) is 9.55. The summed E-state index contributed by atoms with van der Waals surface area (Å²) in [7, 11) is 0. The van der Waals surface area contributed by atoms with E-state index in [4.69, 9.17) is 0 Å². The summed E-state index contributed by atoms with van der Waals surface area (Å²) in [6, 6.07) is 2.71. The highest BCUT2D eigenvalue weighted by atomic mass is 16.4. The van der Waals surface area contributed by atoms with Crippen LogP contribution >= 0.6 is 0 Å². The Hall–Kier alpha value is -1.38. The smallest absolute Gasteiger partial charge is 0.335 e. The van der Waals surface area contributed by atoms with E-state index < -0.39 is 5.63 Å². The topological polar surface area (TPSA) is 47.3 Å². The van der Waals surface area contributed by atoms with E-state index in [1.54, 1.807) is 6.92 Å². The molecule has 0 spiro atoms. The summed E-state index contributed by atoms with van der Waals surface area (Å²) in [5.41, 5.74) is 0.0183. The fraction of sp³-hybridized carbons (Fsp3) is 0.250. The van der Waals surface area contributed by atoms with Crippen molar-refractivity contribution in [1.82, 2.24) is 0 Å². The van der Waals surface area contributed by atoms with Gasteiger partial charge in [-0.15, -0.1) is 0 Å². The first kappa shape index (κ1) is 7.72. The van der Waals surface area contributed by atoms with Crippen molar-refractivity contribution in [2.24, 2.45) is 0 Å². The lowest BCUT2D eigenvalue weighted by Gasteiger charge is -1.92. The van der Waals surface area contributed by atoms with Crippen LogP contribution in [0, 0.1) is 0 Å². The Morgan fingerprint density at radius 2 is 2.27 bits per heavy atom. The number of ketones is 1. The summed E-state index contributed by atoms with van der Waals surface area (Å²) in [6.45, 7) is 1.76. The minimum atomic E-state index is -0.433. The maximum absolute atomic E-state index is 11.0. The van der Waals surface area contributed by atoms with Crippen LogP contribution in [0.25, 0.3) is 0 Å². The molecule has 11 heavy (non-hydrogen) atoms. The van der Waals surface area contributed by atoms with Crippen molar-refractivity contribution in [3.63, 3.8) is 0 Å². The van der Waals surface area contributed by atoms with E-state index >= 15 is 0 Å². The van der Waals surface area contributed by atoms with Gasteiger partial charge in [-0.3, -0.25) is 4.79 Å². The molecule has 0 saturated carbocycles. The van der Waals surface area contributed by atoms with E-state index in [9.17, 15) is 9.59 Å². The molecular weight excluding hydrogens is 144 g/mol. The number of carbonyl (C=O) groups is 1. The second-order valence-electron chi connectivity index (χ2n) is 2.12. The number of hydrogen-bond acceptors (Lipinski definition) is 3. The third-order valence-corrected chi connectivity index (χ3v) is 1.34. The predicted molar refractivity (Wildman–Crippen MR) is 39.6 cm³/mol. The molecule has 0 radical (unpaired) electrons. The summed E-state index contributed by atoms with van der Waals surface area (Å²) in [5.74, 6) is -0.0197. The number of Topliss-reactive ketones (excluding diaryl/α,β-unsaturated/α-hetero) is 1. The summed E-state index contributed by atoms with van der Waals surface area (Å²) in [4.78, 5) is 21.4. The number of rotatable bonds is 2. The molecule has 0 aromatic carbocycles. The largest absolute Gasteiger partial charge is 0.431 e. The third-order valence-electron chi connectivity index (χ3n) is 1.34. The fourth-order valence-electron chi connectivity index (χ4n) is 0.721. The molecule has 1 aromatic heterocycles. The minimum Gasteiger partial charge on any atom is -0.431 e. The van der Waals surface area contributed by atoms with Gasteiger partial charge in [-0.25, -0.2) is 4.79 Å². The standard InChI is InChI=1S/C8H8O3/c1-2-7(9)6-3-4-8(10)11-5-6/h3-5H,2H2,1H3. The number of carbonyl (C=O) groups excluding carboxylic acids is 1. The Balaban J connectivity index is 2.99. The Morgan fingerprint density at radius 1 is 1.55 bits per heavy atom. The molecule has 0 aliphatic heterocycles. The Bertz CT molecular complexity index is 291. The van der Waals surface area contributed by atoms with Gasteiger partial charge in [0.15, 0.2) is 5.78 Å². The first-order valence-electron chi connectivity index (χ1n) is 3.36. The Labute approximate surface area is 63.7 Å². The molecule has 58 valence electrons. The van der Waals surface area contributed by atoms with Crippen molar-refractivity contribution < 1.29 is 9.21 Å². The van der Waals surface area contributed by atoms with Gasteiger partial charge in [0.1, 0.15) is 6.26 Å². The van der Waals surface area contributed by atoms with Gasteiger partial charge in [0.2, 0.25) is 0 Å². The van der Waals surface area contributed by atoms with Crippen LogP contribution in [0.15, 0.2) is 27.6 Å². The van der Waals surface area contributed by atoms with E-state index in [1.165, 1.54) is 18.4 Å². The van der Waals surface area contributed by atoms with Crippen LogP contribution in [-0.2, 0) is 0 Å². The lowest BCUT2D eigenvalue weighted by molar-refractivity contribution is 0.0986. The molecule has 0 bridgehead atoms. The van der Waals surface area contributed by atoms with Gasteiger partial charge in [0.25, 0.3) is 0 Å². The molecule has 3 heteroatoms. The van der Waals surface area contributed by atoms with Crippen LogP contribution in [0.1, 0.15) is 23.7 Å². The molecule has 0 saturated heterocycles. The van der Waals surface area contributed by atoms with E-state index in [0.717, 1.165) is 0 Å². The van der Waals surface area contributed by atoms with Crippen LogP contribution in [-0.4, -0.2) is 5.78 Å². The fourth-order valence-corrected chi connectivity index (χ4v) is 0.721. The van der Waals surface area contributed by atoms with Crippen LogP contribution < -0.4 is 5.63 Å². The minimum absolute atomic E-state index is 0.0197. The lowest BCUT2D eigenvalue weighted by Crippen LogP contribution is -2.00. The zero-order chi connectivity index (χ0) is 8.27. The highest BCUT2D eigenvalue weighted by Crippen LogP contribution is 1.99. The molecule has 0 amide bonds. The molecule has 1 heterocycles. The van der Waals surface area contributed by atoms with Crippen molar-refractivity contribution in [1.29, 1.82) is 0 Å². The predicted octanol–water partition coefficient (Wildman–Crippen LogP) is 1.23. The Morgan fingerprint density at radius 3 is 2.73 bits per heavy atom. The summed E-state index contributed by atoms with van der Waals surface area (Å²) >= 11 is 0. The van der Waals surface area contributed by atoms with Gasteiger partial charge in [0, 0.05) is 12.5 Å². The second kappa shape index (κ2) is 3.14. The van der Waals surface area contributed by atoms with Gasteiger partial charge in [-0.1, -0.05) is 6.92 Å². The van der Waals surface area contributed by atoms with Crippen molar-refractivity contribution in [2.45, 2.75) is 13.3 Å². The van der Waals surface area contributed by atoms with E-state index in [1.807, 2.05) is 0 Å². The van der Waals surface area contributed by atoms with Crippen LogP contribution in [0.4, 0.5) is 0 Å². The highest BCUT2D eigenvalue weighted by Gasteiger charge is 2.01. The maximum atomic E-state index is 11.0. The molecule has 1 rings (SSSR count). The summed E-state index contributed by atoms with van der Waals surface area (Å²) in [6.07, 6.45) is 1.61. The van der Waals surface area contributed by atoms with Crippen LogP contribution in [0.3, 0.4) is 0 Å². The van der Waals surface area contributed by atoms with Gasteiger partial charge in [0.05, 0.1) is 5.56 Å². The first-order valence-corrected chi connectivity index (χ1v) is 3.36. The van der Waals surface area contributed by atoms with Crippen molar-refractivity contribution in [2.75, 3.05) is 0 Å². The van der Waals surface area contributed by atoms with Gasteiger partial charge >= 0.3 is 5.63 Å². The van der Waals surface area contributed by atoms with Gasteiger partial charge in [-0.2, -0.15) is 0 Å². The average molecular weight is 152 g/mol. The van der Waals surface area contributed by atoms with Crippen LogP contribution in [0.5, 0.6) is 0 Å². The van der Waals surface area contributed by atoms with E-state index in [2.05, 4.69) is 4.42 Å². The molecule has 0 fully saturated rings. The lowest BCUT2D eigenvalue weighted by atomic mass is 10.2. The molecule has 1 aromatic rings. The zero-order valence-corrected chi connectivity index (χ0v) is 6.16. The van der Waals surface area contributed by atoms with E-state index in [0.29, 0.717) is 12.0 Å². The molecule has 0 aliphatic rings.